The highest BCUT2D eigenvalue weighted by Crippen LogP contribution is 2.27. The maximum Gasteiger partial charge on any atom is 0.264 e. The first-order chi connectivity index (χ1) is 7.87. The van der Waals surface area contributed by atoms with E-state index in [0.717, 1.165) is 0 Å². The summed E-state index contributed by atoms with van der Waals surface area (Å²) in [5, 5.41) is 12.8. The van der Waals surface area contributed by atoms with Gasteiger partial charge in [-0.15, -0.1) is 11.3 Å². The van der Waals surface area contributed by atoms with E-state index in [9.17, 15) is 14.7 Å². The monoisotopic (exact) mass is 254 g/mol. The molecule has 2 amide bonds. The first-order valence-electron chi connectivity index (χ1n) is 5.26. The molecule has 0 bridgehead atoms. The summed E-state index contributed by atoms with van der Waals surface area (Å²) in [5.74, 6) is -0.254. The normalized spacial score (nSPS) is 17.5. The van der Waals surface area contributed by atoms with Crippen LogP contribution in [0, 0.1) is 0 Å². The Labute approximate surface area is 103 Å². The number of carbonyl (C=O) groups is 2. The largest absolute Gasteiger partial charge is 0.386 e. The van der Waals surface area contributed by atoms with Gasteiger partial charge in [-0.25, -0.2) is 0 Å². The Morgan fingerprint density at radius 2 is 2.12 bits per heavy atom. The molecule has 1 aromatic rings. The molecule has 1 aromatic heterocycles. The Kier molecular flexibility index (Phi) is 2.92. The fraction of sp³-hybridized carbons (Fsp3) is 0.455. The van der Waals surface area contributed by atoms with Gasteiger partial charge in [0.15, 0.2) is 0 Å². The topological polar surface area (TPSA) is 69.6 Å². The maximum absolute atomic E-state index is 11.9. The Bertz CT molecular complexity index is 459. The highest BCUT2D eigenvalue weighted by Gasteiger charge is 2.39. The van der Waals surface area contributed by atoms with Crippen molar-refractivity contribution >= 4 is 28.2 Å². The van der Waals surface area contributed by atoms with E-state index in [1.165, 1.54) is 18.3 Å². The number of β-amino-alcohol motifs (C(OH)–C–C–N with tert-alkyl or cyclic N) is 1. The van der Waals surface area contributed by atoms with Crippen LogP contribution >= 0.6 is 11.3 Å². The summed E-state index contributed by atoms with van der Waals surface area (Å²) in [4.78, 5) is 24.9. The lowest BCUT2D eigenvalue weighted by Gasteiger charge is -2.43. The average Bonchev–Trinajstić information content (AvgIpc) is 2.60. The molecule has 0 radical (unpaired) electrons. The first kappa shape index (κ1) is 12.1. The van der Waals surface area contributed by atoms with Crippen LogP contribution in [-0.2, 0) is 4.79 Å². The zero-order valence-corrected chi connectivity index (χ0v) is 10.5. The molecule has 5 nitrogen and oxygen atoms in total. The van der Waals surface area contributed by atoms with Gasteiger partial charge in [-0.05, 0) is 19.1 Å². The molecule has 1 aliphatic heterocycles. The van der Waals surface area contributed by atoms with Crippen LogP contribution in [-0.4, -0.2) is 40.5 Å². The molecular weight excluding hydrogens is 240 g/mol. The summed E-state index contributed by atoms with van der Waals surface area (Å²) in [6, 6.07) is 3.39. The molecule has 92 valence electrons. The van der Waals surface area contributed by atoms with Crippen molar-refractivity contribution in [1.82, 2.24) is 4.90 Å². The first-order valence-corrected chi connectivity index (χ1v) is 6.08. The summed E-state index contributed by atoms with van der Waals surface area (Å²) in [7, 11) is 0. The lowest BCUT2D eigenvalue weighted by atomic mass is 9.97. The third-order valence-corrected chi connectivity index (χ3v) is 3.45. The van der Waals surface area contributed by atoms with E-state index in [4.69, 9.17) is 0 Å². The van der Waals surface area contributed by atoms with E-state index in [1.54, 1.807) is 24.0 Å². The van der Waals surface area contributed by atoms with Crippen molar-refractivity contribution in [3.8, 4) is 0 Å². The van der Waals surface area contributed by atoms with Gasteiger partial charge in [-0.3, -0.25) is 9.59 Å². The van der Waals surface area contributed by atoms with Crippen LogP contribution in [0.25, 0.3) is 0 Å². The number of anilines is 1. The van der Waals surface area contributed by atoms with Gasteiger partial charge in [-0.1, -0.05) is 0 Å². The molecule has 2 heterocycles. The second kappa shape index (κ2) is 4.12. The molecule has 1 fully saturated rings. The van der Waals surface area contributed by atoms with Crippen molar-refractivity contribution < 1.29 is 14.7 Å². The van der Waals surface area contributed by atoms with Crippen LogP contribution in [0.3, 0.4) is 0 Å². The molecule has 6 heteroatoms. The van der Waals surface area contributed by atoms with Gasteiger partial charge in [0.05, 0.1) is 28.6 Å². The zero-order valence-electron chi connectivity index (χ0n) is 9.69. The summed E-state index contributed by atoms with van der Waals surface area (Å²) < 4.78 is 0. The van der Waals surface area contributed by atoms with Gasteiger partial charge in [0.1, 0.15) is 0 Å². The van der Waals surface area contributed by atoms with Crippen LogP contribution in [0.1, 0.15) is 23.5 Å². The van der Waals surface area contributed by atoms with Gasteiger partial charge in [-0.2, -0.15) is 0 Å². The quantitative estimate of drug-likeness (QED) is 0.824. The molecule has 0 spiro atoms. The number of hydrogen-bond donors (Lipinski definition) is 2. The number of rotatable bonds is 2. The van der Waals surface area contributed by atoms with E-state index < -0.39 is 5.60 Å². The molecule has 0 saturated carbocycles. The standard InChI is InChI=1S/C11H14N2O3S/c1-7(14)12-9-4-3-8(17-9)10(15)13-5-11(2,16)6-13/h3-4,16H,5-6H2,1-2H3,(H,12,14). The average molecular weight is 254 g/mol. The lowest BCUT2D eigenvalue weighted by Crippen LogP contribution is -2.61. The molecule has 0 aromatic carbocycles. The predicted molar refractivity (Wildman–Crippen MR) is 65.2 cm³/mol. The Morgan fingerprint density at radius 3 is 2.65 bits per heavy atom. The van der Waals surface area contributed by atoms with E-state index >= 15 is 0 Å². The summed E-state index contributed by atoms with van der Waals surface area (Å²) >= 11 is 1.24. The molecule has 1 saturated heterocycles. The Balaban J connectivity index is 2.01. The van der Waals surface area contributed by atoms with Crippen molar-refractivity contribution in [1.29, 1.82) is 0 Å². The molecule has 1 aliphatic rings. The summed E-state index contributed by atoms with van der Waals surface area (Å²) in [6.07, 6.45) is 0. The molecule has 2 N–H and O–H groups in total. The van der Waals surface area contributed by atoms with Gasteiger partial charge in [0.2, 0.25) is 5.91 Å². The molecule has 0 atom stereocenters. The number of carbonyl (C=O) groups excluding carboxylic acids is 2. The fourth-order valence-corrected chi connectivity index (χ4v) is 2.69. The molecular formula is C11H14N2O3S. The maximum atomic E-state index is 11.9. The fourth-order valence-electron chi connectivity index (χ4n) is 1.77. The number of likely N-dealkylation sites (tertiary alicyclic amines) is 1. The number of amides is 2. The molecule has 0 unspecified atom stereocenters. The zero-order chi connectivity index (χ0) is 12.6. The number of hydrogen-bond acceptors (Lipinski definition) is 4. The van der Waals surface area contributed by atoms with Crippen LogP contribution < -0.4 is 5.32 Å². The van der Waals surface area contributed by atoms with Crippen molar-refractivity contribution in [2.75, 3.05) is 18.4 Å². The van der Waals surface area contributed by atoms with Crippen molar-refractivity contribution in [3.63, 3.8) is 0 Å². The van der Waals surface area contributed by atoms with Crippen LogP contribution in [0.15, 0.2) is 12.1 Å². The van der Waals surface area contributed by atoms with E-state index in [0.29, 0.717) is 23.0 Å². The van der Waals surface area contributed by atoms with Crippen LogP contribution in [0.2, 0.25) is 0 Å². The van der Waals surface area contributed by atoms with Crippen LogP contribution in [0.4, 0.5) is 5.00 Å². The lowest BCUT2D eigenvalue weighted by molar-refractivity contribution is -0.114. The highest BCUT2D eigenvalue weighted by molar-refractivity contribution is 7.18. The Morgan fingerprint density at radius 1 is 1.47 bits per heavy atom. The van der Waals surface area contributed by atoms with Gasteiger partial charge < -0.3 is 15.3 Å². The second-order valence-corrected chi connectivity index (χ2v) is 5.59. The molecule has 17 heavy (non-hydrogen) atoms. The number of nitrogens with one attached hydrogen (secondary N) is 1. The second-order valence-electron chi connectivity index (χ2n) is 4.50. The molecule has 2 rings (SSSR count). The minimum Gasteiger partial charge on any atom is -0.386 e. The number of aliphatic hydroxyl groups is 1. The summed E-state index contributed by atoms with van der Waals surface area (Å²) in [6.45, 7) is 3.85. The minimum atomic E-state index is -0.757. The van der Waals surface area contributed by atoms with Crippen molar-refractivity contribution in [3.05, 3.63) is 17.0 Å². The third-order valence-electron chi connectivity index (χ3n) is 2.47. The SMILES string of the molecule is CC(=O)Nc1ccc(C(=O)N2CC(C)(O)C2)s1. The van der Waals surface area contributed by atoms with Gasteiger partial charge >= 0.3 is 0 Å². The van der Waals surface area contributed by atoms with E-state index in [-0.39, 0.29) is 11.8 Å². The molecule has 0 aliphatic carbocycles. The van der Waals surface area contributed by atoms with Crippen molar-refractivity contribution in [2.45, 2.75) is 19.4 Å². The smallest absolute Gasteiger partial charge is 0.264 e. The van der Waals surface area contributed by atoms with Gasteiger partial charge in [0.25, 0.3) is 5.91 Å². The number of nitrogens with zero attached hydrogens (tertiary/aromatic N) is 1. The van der Waals surface area contributed by atoms with Crippen molar-refractivity contribution in [2.24, 2.45) is 0 Å². The van der Waals surface area contributed by atoms with E-state index in [2.05, 4.69) is 5.32 Å². The summed E-state index contributed by atoms with van der Waals surface area (Å²) in [5.41, 5.74) is -0.757. The van der Waals surface area contributed by atoms with Crippen LogP contribution in [0.5, 0.6) is 0 Å². The Hall–Kier alpha value is -1.40. The third kappa shape index (κ3) is 2.65. The highest BCUT2D eigenvalue weighted by atomic mass is 32.1. The van der Waals surface area contributed by atoms with E-state index in [1.807, 2.05) is 0 Å². The van der Waals surface area contributed by atoms with Gasteiger partial charge in [0, 0.05) is 6.92 Å². The minimum absolute atomic E-state index is 0.0990. The number of thiophene rings is 1. The predicted octanol–water partition coefficient (Wildman–Crippen LogP) is 0.913.